The van der Waals surface area contributed by atoms with Gasteiger partial charge in [-0.2, -0.15) is 0 Å². The van der Waals surface area contributed by atoms with Crippen LogP contribution in [0.4, 0.5) is 0 Å². The predicted octanol–water partition coefficient (Wildman–Crippen LogP) is 2.58. The molecule has 0 aromatic carbocycles. The van der Waals surface area contributed by atoms with E-state index in [2.05, 4.69) is 13.8 Å². The lowest BCUT2D eigenvalue weighted by Crippen LogP contribution is -1.94. The van der Waals surface area contributed by atoms with Crippen LogP contribution in [0.2, 0.25) is 0 Å². The van der Waals surface area contributed by atoms with Crippen LogP contribution in [0.5, 0.6) is 0 Å². The molecule has 1 atom stereocenters. The Morgan fingerprint density at radius 2 is 2.22 bits per heavy atom. The summed E-state index contributed by atoms with van der Waals surface area (Å²) in [6.07, 6.45) is 2.58. The second-order valence-electron chi connectivity index (χ2n) is 2.41. The monoisotopic (exact) mass is 148 g/mol. The standard InChI is InChI=1S/C7H13ClO/c1-3-6(2)4-5-7(8)9/h6H,3-5H2,1-2H3/t6-/m1/s1. The second-order valence-corrected chi connectivity index (χ2v) is 2.83. The van der Waals surface area contributed by atoms with Crippen molar-refractivity contribution in [3.8, 4) is 0 Å². The first-order valence-corrected chi connectivity index (χ1v) is 3.73. The Balaban J connectivity index is 3.16. The van der Waals surface area contributed by atoms with E-state index in [1.54, 1.807) is 0 Å². The molecule has 0 aromatic heterocycles. The van der Waals surface area contributed by atoms with E-state index in [4.69, 9.17) is 11.6 Å². The molecule has 1 nitrogen and oxygen atoms in total. The SMILES string of the molecule is CC[C@@H](C)CCC(=O)Cl. The fraction of sp³-hybridized carbons (Fsp3) is 0.857. The van der Waals surface area contributed by atoms with Gasteiger partial charge in [-0.25, -0.2) is 0 Å². The maximum Gasteiger partial charge on any atom is 0.221 e. The van der Waals surface area contributed by atoms with Crippen LogP contribution in [-0.4, -0.2) is 5.24 Å². The van der Waals surface area contributed by atoms with Crippen molar-refractivity contribution >= 4 is 16.8 Å². The van der Waals surface area contributed by atoms with E-state index in [9.17, 15) is 4.79 Å². The number of carbonyl (C=O) groups excluding carboxylic acids is 1. The first-order chi connectivity index (χ1) is 4.16. The number of carbonyl (C=O) groups is 1. The van der Waals surface area contributed by atoms with Crippen molar-refractivity contribution in [1.29, 1.82) is 0 Å². The molecule has 2 heteroatoms. The highest BCUT2D eigenvalue weighted by atomic mass is 35.5. The van der Waals surface area contributed by atoms with E-state index in [0.29, 0.717) is 12.3 Å². The molecule has 0 aliphatic rings. The summed E-state index contributed by atoms with van der Waals surface area (Å²) in [5, 5.41) is -0.213. The summed E-state index contributed by atoms with van der Waals surface area (Å²) in [6, 6.07) is 0. The molecule has 0 spiro atoms. The number of rotatable bonds is 4. The van der Waals surface area contributed by atoms with Gasteiger partial charge in [-0.3, -0.25) is 4.79 Å². The zero-order valence-corrected chi connectivity index (χ0v) is 6.74. The van der Waals surface area contributed by atoms with Crippen molar-refractivity contribution in [2.75, 3.05) is 0 Å². The molecule has 0 aliphatic carbocycles. The molecule has 0 rings (SSSR count). The molecular weight excluding hydrogens is 136 g/mol. The summed E-state index contributed by atoms with van der Waals surface area (Å²) in [5.41, 5.74) is 0. The zero-order chi connectivity index (χ0) is 7.28. The summed E-state index contributed by atoms with van der Waals surface area (Å²) < 4.78 is 0. The minimum absolute atomic E-state index is 0.213. The predicted molar refractivity (Wildman–Crippen MR) is 39.5 cm³/mol. The van der Waals surface area contributed by atoms with Gasteiger partial charge in [-0.05, 0) is 23.9 Å². The molecule has 0 radical (unpaired) electrons. The van der Waals surface area contributed by atoms with Crippen molar-refractivity contribution in [2.45, 2.75) is 33.1 Å². The van der Waals surface area contributed by atoms with Gasteiger partial charge in [-0.15, -0.1) is 0 Å². The summed E-state index contributed by atoms with van der Waals surface area (Å²) >= 11 is 5.14. The zero-order valence-electron chi connectivity index (χ0n) is 5.98. The van der Waals surface area contributed by atoms with Crippen molar-refractivity contribution in [3.05, 3.63) is 0 Å². The molecule has 0 fully saturated rings. The van der Waals surface area contributed by atoms with Crippen LogP contribution in [0.3, 0.4) is 0 Å². The van der Waals surface area contributed by atoms with Gasteiger partial charge < -0.3 is 0 Å². The maximum atomic E-state index is 10.2. The summed E-state index contributed by atoms with van der Waals surface area (Å²) in [6.45, 7) is 4.24. The van der Waals surface area contributed by atoms with Crippen LogP contribution in [0.25, 0.3) is 0 Å². The molecule has 0 saturated carbocycles. The largest absolute Gasteiger partial charge is 0.281 e. The van der Waals surface area contributed by atoms with Crippen LogP contribution in [0.15, 0.2) is 0 Å². The van der Waals surface area contributed by atoms with Gasteiger partial charge in [0.2, 0.25) is 5.24 Å². The average Bonchev–Trinajstić information content (AvgIpc) is 1.83. The Morgan fingerprint density at radius 1 is 1.67 bits per heavy atom. The number of halogens is 1. The molecule has 0 aliphatic heterocycles. The van der Waals surface area contributed by atoms with Gasteiger partial charge in [0.15, 0.2) is 0 Å². The minimum Gasteiger partial charge on any atom is -0.281 e. The maximum absolute atomic E-state index is 10.2. The van der Waals surface area contributed by atoms with Crippen molar-refractivity contribution < 1.29 is 4.79 Å². The molecule has 0 amide bonds. The molecule has 0 unspecified atom stereocenters. The van der Waals surface area contributed by atoms with E-state index < -0.39 is 0 Å². The molecular formula is C7H13ClO. The van der Waals surface area contributed by atoms with Crippen LogP contribution >= 0.6 is 11.6 Å². The first kappa shape index (κ1) is 8.96. The van der Waals surface area contributed by atoms with Gasteiger partial charge in [0.1, 0.15) is 0 Å². The van der Waals surface area contributed by atoms with Gasteiger partial charge in [-0.1, -0.05) is 20.3 Å². The Morgan fingerprint density at radius 3 is 2.56 bits per heavy atom. The Labute approximate surface area is 61.4 Å². The van der Waals surface area contributed by atoms with E-state index in [-0.39, 0.29) is 5.24 Å². The van der Waals surface area contributed by atoms with E-state index in [1.807, 2.05) is 0 Å². The fourth-order valence-corrected chi connectivity index (χ4v) is 0.673. The van der Waals surface area contributed by atoms with E-state index >= 15 is 0 Å². The van der Waals surface area contributed by atoms with Gasteiger partial charge in [0.05, 0.1) is 0 Å². The topological polar surface area (TPSA) is 17.1 Å². The molecule has 0 aromatic rings. The Hall–Kier alpha value is -0.0400. The lowest BCUT2D eigenvalue weighted by Gasteiger charge is -2.03. The van der Waals surface area contributed by atoms with Crippen LogP contribution in [0.1, 0.15) is 33.1 Å². The third-order valence-corrected chi connectivity index (χ3v) is 1.72. The third-order valence-electron chi connectivity index (χ3n) is 1.53. The molecule has 54 valence electrons. The number of hydrogen-bond donors (Lipinski definition) is 0. The van der Waals surface area contributed by atoms with Crippen molar-refractivity contribution in [2.24, 2.45) is 5.92 Å². The molecule has 0 heterocycles. The van der Waals surface area contributed by atoms with Crippen LogP contribution in [0, 0.1) is 5.92 Å². The van der Waals surface area contributed by atoms with Gasteiger partial charge in [0, 0.05) is 6.42 Å². The van der Waals surface area contributed by atoms with Crippen LogP contribution in [-0.2, 0) is 4.79 Å². The van der Waals surface area contributed by atoms with E-state index in [1.165, 1.54) is 0 Å². The molecule has 0 bridgehead atoms. The third kappa shape index (κ3) is 5.84. The normalized spacial score (nSPS) is 13.2. The van der Waals surface area contributed by atoms with Crippen LogP contribution < -0.4 is 0 Å². The first-order valence-electron chi connectivity index (χ1n) is 3.35. The van der Waals surface area contributed by atoms with Crippen molar-refractivity contribution in [1.82, 2.24) is 0 Å². The van der Waals surface area contributed by atoms with Gasteiger partial charge >= 0.3 is 0 Å². The minimum atomic E-state index is -0.213. The van der Waals surface area contributed by atoms with Crippen molar-refractivity contribution in [3.63, 3.8) is 0 Å². The highest BCUT2D eigenvalue weighted by molar-refractivity contribution is 6.63. The van der Waals surface area contributed by atoms with E-state index in [0.717, 1.165) is 12.8 Å². The quantitative estimate of drug-likeness (QED) is 0.560. The smallest absolute Gasteiger partial charge is 0.221 e. The average molecular weight is 149 g/mol. The Kier molecular flexibility index (Phi) is 4.78. The van der Waals surface area contributed by atoms with Gasteiger partial charge in [0.25, 0.3) is 0 Å². The molecule has 0 saturated heterocycles. The highest BCUT2D eigenvalue weighted by Crippen LogP contribution is 2.09. The second kappa shape index (κ2) is 4.80. The summed E-state index contributed by atoms with van der Waals surface area (Å²) in [4.78, 5) is 10.2. The highest BCUT2D eigenvalue weighted by Gasteiger charge is 2.00. The fourth-order valence-electron chi connectivity index (χ4n) is 0.564. The lowest BCUT2D eigenvalue weighted by molar-refractivity contribution is -0.111. The Bertz CT molecular complexity index is 90.9. The molecule has 0 N–H and O–H groups in total. The number of hydrogen-bond acceptors (Lipinski definition) is 1. The molecule has 9 heavy (non-hydrogen) atoms. The lowest BCUT2D eigenvalue weighted by atomic mass is 10.0. The summed E-state index contributed by atoms with van der Waals surface area (Å²) in [7, 11) is 0. The summed E-state index contributed by atoms with van der Waals surface area (Å²) in [5.74, 6) is 0.632.